The van der Waals surface area contributed by atoms with E-state index in [9.17, 15) is 4.79 Å². The van der Waals surface area contributed by atoms with E-state index in [1.165, 1.54) is 11.3 Å². The van der Waals surface area contributed by atoms with Gasteiger partial charge in [0, 0.05) is 16.1 Å². The molecule has 32 heavy (non-hydrogen) atoms. The second kappa shape index (κ2) is 8.41. The van der Waals surface area contributed by atoms with E-state index in [1.807, 2.05) is 66.0 Å². The van der Waals surface area contributed by atoms with Crippen LogP contribution in [0.5, 0.6) is 0 Å². The van der Waals surface area contributed by atoms with Crippen molar-refractivity contribution in [3.63, 3.8) is 0 Å². The first-order valence-electron chi connectivity index (χ1n) is 9.77. The highest BCUT2D eigenvalue weighted by molar-refractivity contribution is 7.17. The molecule has 0 spiro atoms. The number of fused-ring (bicyclic) bond motifs is 2. The number of carbonyl (C=O) groups excluding carboxylic acids is 1. The van der Waals surface area contributed by atoms with Crippen molar-refractivity contribution in [3.8, 4) is 0 Å². The van der Waals surface area contributed by atoms with E-state index in [0.29, 0.717) is 22.9 Å². The lowest BCUT2D eigenvalue weighted by molar-refractivity contribution is 0.101. The molecule has 0 bridgehead atoms. The summed E-state index contributed by atoms with van der Waals surface area (Å²) in [6, 6.07) is 19.0. The van der Waals surface area contributed by atoms with Crippen LogP contribution in [0.2, 0.25) is 5.02 Å². The molecular formula is C23H17ClN6OS. The van der Waals surface area contributed by atoms with E-state index >= 15 is 0 Å². The lowest BCUT2D eigenvalue weighted by Gasteiger charge is -2.12. The SMILES string of the molecule is Nc1nc(C(=O)Nc2cc3ccccc3c(CNc3cccc(Cl)c3)n2)nc2ccsc12. The van der Waals surface area contributed by atoms with Crippen LogP contribution in [-0.4, -0.2) is 20.9 Å². The van der Waals surface area contributed by atoms with E-state index in [2.05, 4.69) is 25.6 Å². The number of rotatable bonds is 5. The smallest absolute Gasteiger partial charge is 0.294 e. The fraction of sp³-hybridized carbons (Fsp3) is 0.0435. The first kappa shape index (κ1) is 20.2. The molecule has 2 aromatic carbocycles. The second-order valence-corrected chi connectivity index (χ2v) is 8.41. The van der Waals surface area contributed by atoms with Gasteiger partial charge in [-0.2, -0.15) is 0 Å². The number of benzene rings is 2. The van der Waals surface area contributed by atoms with E-state index in [1.54, 1.807) is 0 Å². The molecule has 3 heterocycles. The summed E-state index contributed by atoms with van der Waals surface area (Å²) in [6.45, 7) is 0.453. The molecule has 0 aliphatic carbocycles. The number of aromatic nitrogens is 3. The second-order valence-electron chi connectivity index (χ2n) is 7.06. The average molecular weight is 461 g/mol. The molecule has 5 rings (SSSR count). The number of hydrogen-bond donors (Lipinski definition) is 3. The summed E-state index contributed by atoms with van der Waals surface area (Å²) in [5.74, 6) is 0.223. The van der Waals surface area contributed by atoms with Crippen molar-refractivity contribution in [1.82, 2.24) is 15.0 Å². The van der Waals surface area contributed by atoms with Crippen LogP contribution in [0.4, 0.5) is 17.3 Å². The Hall–Kier alpha value is -3.75. The van der Waals surface area contributed by atoms with Gasteiger partial charge in [-0.25, -0.2) is 15.0 Å². The lowest BCUT2D eigenvalue weighted by Crippen LogP contribution is -2.18. The highest BCUT2D eigenvalue weighted by atomic mass is 35.5. The fourth-order valence-corrected chi connectivity index (χ4v) is 4.34. The Morgan fingerprint density at radius 3 is 2.78 bits per heavy atom. The monoisotopic (exact) mass is 460 g/mol. The number of pyridine rings is 1. The molecule has 158 valence electrons. The van der Waals surface area contributed by atoms with Gasteiger partial charge in [-0.1, -0.05) is 41.9 Å². The zero-order chi connectivity index (χ0) is 22.1. The first-order chi connectivity index (χ1) is 15.6. The van der Waals surface area contributed by atoms with Gasteiger partial charge in [0.1, 0.15) is 11.6 Å². The Balaban J connectivity index is 1.45. The van der Waals surface area contributed by atoms with E-state index in [4.69, 9.17) is 17.3 Å². The van der Waals surface area contributed by atoms with Crippen molar-refractivity contribution in [3.05, 3.63) is 82.6 Å². The van der Waals surface area contributed by atoms with Gasteiger partial charge in [-0.15, -0.1) is 11.3 Å². The summed E-state index contributed by atoms with van der Waals surface area (Å²) in [5.41, 5.74) is 8.29. The maximum Gasteiger partial charge on any atom is 0.294 e. The van der Waals surface area contributed by atoms with Gasteiger partial charge in [-0.05, 0) is 41.1 Å². The maximum absolute atomic E-state index is 12.8. The van der Waals surface area contributed by atoms with Gasteiger partial charge >= 0.3 is 0 Å². The highest BCUT2D eigenvalue weighted by Crippen LogP contribution is 2.25. The van der Waals surface area contributed by atoms with Crippen LogP contribution in [0.25, 0.3) is 21.0 Å². The van der Waals surface area contributed by atoms with Gasteiger partial charge in [-0.3, -0.25) is 4.79 Å². The van der Waals surface area contributed by atoms with E-state index in [0.717, 1.165) is 26.9 Å². The number of carbonyl (C=O) groups is 1. The highest BCUT2D eigenvalue weighted by Gasteiger charge is 2.15. The van der Waals surface area contributed by atoms with Crippen LogP contribution < -0.4 is 16.4 Å². The molecule has 7 nitrogen and oxygen atoms in total. The van der Waals surface area contributed by atoms with Crippen LogP contribution >= 0.6 is 22.9 Å². The minimum atomic E-state index is -0.471. The number of nitrogen functional groups attached to an aromatic ring is 1. The summed E-state index contributed by atoms with van der Waals surface area (Å²) in [6.07, 6.45) is 0. The maximum atomic E-state index is 12.8. The van der Waals surface area contributed by atoms with E-state index < -0.39 is 5.91 Å². The van der Waals surface area contributed by atoms with Crippen LogP contribution in [0.3, 0.4) is 0 Å². The standard InChI is InChI=1S/C23H17ClN6OS/c24-14-5-3-6-15(11-14)26-12-18-16-7-2-1-4-13(16)10-19(27-18)29-23(31)22-28-17-8-9-32-20(17)21(25)30-22/h1-11,26H,12H2,(H2,25,28,30)(H,27,29,31). The third-order valence-corrected chi connectivity index (χ3v) is 6.04. The first-order valence-corrected chi connectivity index (χ1v) is 11.0. The predicted molar refractivity (Wildman–Crippen MR) is 130 cm³/mol. The number of hydrogen-bond acceptors (Lipinski definition) is 7. The molecule has 0 unspecified atom stereocenters. The van der Waals surface area contributed by atoms with Gasteiger partial charge in [0.25, 0.3) is 5.91 Å². The average Bonchev–Trinajstić information content (AvgIpc) is 3.27. The van der Waals surface area contributed by atoms with Gasteiger partial charge in [0.15, 0.2) is 0 Å². The zero-order valence-electron chi connectivity index (χ0n) is 16.7. The number of anilines is 3. The van der Waals surface area contributed by atoms with E-state index in [-0.39, 0.29) is 11.6 Å². The molecule has 4 N–H and O–H groups in total. The zero-order valence-corrected chi connectivity index (χ0v) is 18.2. The number of nitrogens with zero attached hydrogens (tertiary/aromatic N) is 3. The molecular weight excluding hydrogens is 444 g/mol. The molecule has 3 aromatic heterocycles. The summed E-state index contributed by atoms with van der Waals surface area (Å²) >= 11 is 7.52. The number of amides is 1. The van der Waals surface area contributed by atoms with Crippen molar-refractivity contribution in [1.29, 1.82) is 0 Å². The molecule has 5 aromatic rings. The molecule has 0 atom stereocenters. The minimum Gasteiger partial charge on any atom is -0.382 e. The number of halogens is 1. The van der Waals surface area contributed by atoms with Crippen molar-refractivity contribution >= 4 is 67.2 Å². The number of nitrogens with two attached hydrogens (primary N) is 1. The summed E-state index contributed by atoms with van der Waals surface area (Å²) in [4.78, 5) is 26.0. The molecule has 0 saturated carbocycles. The molecule has 0 fully saturated rings. The Morgan fingerprint density at radius 1 is 1.03 bits per heavy atom. The van der Waals surface area contributed by atoms with Gasteiger partial charge in [0.2, 0.25) is 5.82 Å². The third-order valence-electron chi connectivity index (χ3n) is 4.88. The Kier molecular flexibility index (Phi) is 5.30. The summed E-state index contributed by atoms with van der Waals surface area (Å²) in [5, 5.41) is 10.6. The molecule has 0 radical (unpaired) electrons. The lowest BCUT2D eigenvalue weighted by atomic mass is 10.1. The molecule has 1 amide bonds. The topological polar surface area (TPSA) is 106 Å². The molecule has 0 aliphatic rings. The molecule has 9 heteroatoms. The summed E-state index contributed by atoms with van der Waals surface area (Å²) in [7, 11) is 0. The number of nitrogens with one attached hydrogen (secondary N) is 2. The predicted octanol–water partition coefficient (Wildman–Crippen LogP) is 5.34. The van der Waals surface area contributed by atoms with Crippen LogP contribution in [0.15, 0.2) is 66.0 Å². The Morgan fingerprint density at radius 2 is 1.91 bits per heavy atom. The van der Waals surface area contributed by atoms with Crippen molar-refractivity contribution in [2.45, 2.75) is 6.54 Å². The number of thiophene rings is 1. The van der Waals surface area contributed by atoms with Gasteiger partial charge < -0.3 is 16.4 Å². The van der Waals surface area contributed by atoms with Crippen LogP contribution in [0.1, 0.15) is 16.3 Å². The molecule has 0 saturated heterocycles. The van der Waals surface area contributed by atoms with Crippen molar-refractivity contribution in [2.24, 2.45) is 0 Å². The van der Waals surface area contributed by atoms with Crippen LogP contribution in [-0.2, 0) is 6.54 Å². The van der Waals surface area contributed by atoms with Crippen LogP contribution in [0, 0.1) is 0 Å². The van der Waals surface area contributed by atoms with Crippen molar-refractivity contribution < 1.29 is 4.79 Å². The normalized spacial score (nSPS) is 11.0. The minimum absolute atomic E-state index is 0.00182. The van der Waals surface area contributed by atoms with Crippen molar-refractivity contribution in [2.75, 3.05) is 16.4 Å². The summed E-state index contributed by atoms with van der Waals surface area (Å²) < 4.78 is 0.764. The third kappa shape index (κ3) is 4.05. The fourth-order valence-electron chi connectivity index (χ4n) is 3.41. The Labute approximate surface area is 192 Å². The largest absolute Gasteiger partial charge is 0.382 e. The quantitative estimate of drug-likeness (QED) is 0.327. The Bertz CT molecular complexity index is 1470. The molecule has 0 aliphatic heterocycles. The van der Waals surface area contributed by atoms with Gasteiger partial charge in [0.05, 0.1) is 22.5 Å².